The Morgan fingerprint density at radius 1 is 1.12 bits per heavy atom. The number of ether oxygens (including phenoxy) is 1. The lowest BCUT2D eigenvalue weighted by Gasteiger charge is -2.03. The van der Waals surface area contributed by atoms with Crippen molar-refractivity contribution >= 4 is 0 Å². The highest BCUT2D eigenvalue weighted by molar-refractivity contribution is 5.03. The molecular weight excluding hydrogens is 108 g/mol. The maximum atomic E-state index is 8.92. The number of epoxide rings is 1. The van der Waals surface area contributed by atoms with Gasteiger partial charge in [0.2, 0.25) is 0 Å². The van der Waals surface area contributed by atoms with E-state index in [-0.39, 0.29) is 12.2 Å². The molecule has 2 fully saturated rings. The molecule has 4 atom stereocenters. The molecule has 46 valence electrons. The number of hydrogen-bond acceptors (Lipinski definition) is 3. The summed E-state index contributed by atoms with van der Waals surface area (Å²) in [5.74, 6) is 0. The lowest BCUT2D eigenvalue weighted by molar-refractivity contribution is 0.0512. The summed E-state index contributed by atoms with van der Waals surface area (Å²) in [6, 6.07) is 0. The van der Waals surface area contributed by atoms with Gasteiger partial charge in [-0.25, -0.2) is 0 Å². The van der Waals surface area contributed by atoms with Gasteiger partial charge in [-0.15, -0.1) is 0 Å². The van der Waals surface area contributed by atoms with Crippen LogP contribution in [-0.4, -0.2) is 34.6 Å². The molecule has 0 radical (unpaired) electrons. The van der Waals surface area contributed by atoms with Gasteiger partial charge < -0.3 is 14.9 Å². The summed E-state index contributed by atoms with van der Waals surface area (Å²) in [6.45, 7) is 0. The maximum absolute atomic E-state index is 8.92. The van der Waals surface area contributed by atoms with Crippen molar-refractivity contribution in [2.45, 2.75) is 30.8 Å². The summed E-state index contributed by atoms with van der Waals surface area (Å²) < 4.78 is 4.88. The largest absolute Gasteiger partial charge is 0.390 e. The molecule has 2 N–H and O–H groups in total. The third-order valence-corrected chi connectivity index (χ3v) is 1.80. The van der Waals surface area contributed by atoms with Gasteiger partial charge in [0.25, 0.3) is 0 Å². The van der Waals surface area contributed by atoms with Crippen molar-refractivity contribution in [2.75, 3.05) is 0 Å². The standard InChI is InChI=1S/C5H8O3/c6-2-1-3(7)5-4(2)8-5/h2-7H,1H2/t2-,3-,4-,5+/m0/s1. The Bertz CT molecular complexity index is 98.2. The summed E-state index contributed by atoms with van der Waals surface area (Å²) >= 11 is 0. The van der Waals surface area contributed by atoms with Gasteiger partial charge >= 0.3 is 0 Å². The van der Waals surface area contributed by atoms with Crippen molar-refractivity contribution in [3.8, 4) is 0 Å². The van der Waals surface area contributed by atoms with Crippen LogP contribution in [0, 0.1) is 0 Å². The summed E-state index contributed by atoms with van der Waals surface area (Å²) in [4.78, 5) is 0. The zero-order chi connectivity index (χ0) is 5.72. The Labute approximate surface area is 46.9 Å². The van der Waals surface area contributed by atoms with Crippen molar-refractivity contribution in [1.29, 1.82) is 0 Å². The highest BCUT2D eigenvalue weighted by Crippen LogP contribution is 2.38. The number of aliphatic hydroxyl groups is 2. The predicted molar refractivity (Wildman–Crippen MR) is 25.3 cm³/mol. The van der Waals surface area contributed by atoms with E-state index in [1.165, 1.54) is 0 Å². The second-order valence-electron chi connectivity index (χ2n) is 2.44. The molecule has 0 spiro atoms. The molecule has 0 unspecified atom stereocenters. The van der Waals surface area contributed by atoms with E-state index in [1.807, 2.05) is 0 Å². The summed E-state index contributed by atoms with van der Waals surface area (Å²) in [5, 5.41) is 17.8. The van der Waals surface area contributed by atoms with Crippen molar-refractivity contribution in [3.63, 3.8) is 0 Å². The Hall–Kier alpha value is -0.120. The fraction of sp³-hybridized carbons (Fsp3) is 1.00. The first-order valence-electron chi connectivity index (χ1n) is 2.80. The molecule has 3 nitrogen and oxygen atoms in total. The molecule has 1 aliphatic carbocycles. The van der Waals surface area contributed by atoms with Gasteiger partial charge in [-0.1, -0.05) is 0 Å². The van der Waals surface area contributed by atoms with Crippen LogP contribution in [0.2, 0.25) is 0 Å². The molecule has 2 aliphatic rings. The van der Waals surface area contributed by atoms with Crippen LogP contribution >= 0.6 is 0 Å². The average molecular weight is 116 g/mol. The fourth-order valence-corrected chi connectivity index (χ4v) is 1.27. The molecule has 8 heavy (non-hydrogen) atoms. The molecule has 1 saturated heterocycles. The van der Waals surface area contributed by atoms with Crippen LogP contribution < -0.4 is 0 Å². The molecular formula is C5H8O3. The number of rotatable bonds is 0. The molecule has 0 aromatic carbocycles. The Balaban J connectivity index is 2.09. The summed E-state index contributed by atoms with van der Waals surface area (Å²) in [6.07, 6.45) is -0.394. The molecule has 2 rings (SSSR count). The minimum atomic E-state index is -0.407. The Morgan fingerprint density at radius 3 is 1.75 bits per heavy atom. The lowest BCUT2D eigenvalue weighted by Crippen LogP contribution is -2.13. The average Bonchev–Trinajstić information content (AvgIpc) is 2.35. The van der Waals surface area contributed by atoms with E-state index in [0.717, 1.165) is 0 Å². The van der Waals surface area contributed by atoms with Crippen LogP contribution in [0.5, 0.6) is 0 Å². The van der Waals surface area contributed by atoms with Gasteiger partial charge in [0.1, 0.15) is 12.2 Å². The van der Waals surface area contributed by atoms with Crippen molar-refractivity contribution < 1.29 is 14.9 Å². The van der Waals surface area contributed by atoms with Gasteiger partial charge in [-0.3, -0.25) is 0 Å². The number of fused-ring (bicyclic) bond motifs is 1. The van der Waals surface area contributed by atoms with E-state index in [1.54, 1.807) is 0 Å². The molecule has 0 bridgehead atoms. The minimum Gasteiger partial charge on any atom is -0.390 e. The van der Waals surface area contributed by atoms with Gasteiger partial charge in [-0.2, -0.15) is 0 Å². The van der Waals surface area contributed by atoms with Crippen LogP contribution in [0.25, 0.3) is 0 Å². The second kappa shape index (κ2) is 1.23. The molecule has 1 heterocycles. The highest BCUT2D eigenvalue weighted by atomic mass is 16.6. The van der Waals surface area contributed by atoms with Gasteiger partial charge in [-0.05, 0) is 0 Å². The summed E-state index contributed by atoms with van der Waals surface area (Å²) in [5.41, 5.74) is 0. The SMILES string of the molecule is O[C@H]1C[C@H](O)[C@H]2O[C@H]21. The van der Waals surface area contributed by atoms with Crippen LogP contribution in [0.1, 0.15) is 6.42 Å². The van der Waals surface area contributed by atoms with Gasteiger partial charge in [0, 0.05) is 6.42 Å². The number of hydrogen-bond donors (Lipinski definition) is 2. The zero-order valence-electron chi connectivity index (χ0n) is 4.32. The number of aliphatic hydroxyl groups excluding tert-OH is 2. The van der Waals surface area contributed by atoms with Gasteiger partial charge in [0.05, 0.1) is 12.2 Å². The zero-order valence-corrected chi connectivity index (χ0v) is 4.32. The van der Waals surface area contributed by atoms with E-state index in [0.29, 0.717) is 6.42 Å². The third-order valence-electron chi connectivity index (χ3n) is 1.80. The van der Waals surface area contributed by atoms with Crippen LogP contribution in [0.4, 0.5) is 0 Å². The first kappa shape index (κ1) is 4.73. The fourth-order valence-electron chi connectivity index (χ4n) is 1.27. The lowest BCUT2D eigenvalue weighted by atomic mass is 10.3. The first-order chi connectivity index (χ1) is 3.79. The van der Waals surface area contributed by atoms with E-state index in [4.69, 9.17) is 14.9 Å². The quantitative estimate of drug-likeness (QED) is 0.394. The molecule has 0 aromatic rings. The topological polar surface area (TPSA) is 53.0 Å². The minimum absolute atomic E-state index is 0.0370. The van der Waals surface area contributed by atoms with E-state index in [2.05, 4.69) is 0 Å². The van der Waals surface area contributed by atoms with E-state index < -0.39 is 12.2 Å². The molecule has 3 heteroatoms. The normalized spacial score (nSPS) is 60.8. The molecule has 0 amide bonds. The second-order valence-corrected chi connectivity index (χ2v) is 2.44. The summed E-state index contributed by atoms with van der Waals surface area (Å²) in [7, 11) is 0. The smallest absolute Gasteiger partial charge is 0.113 e. The molecule has 1 aliphatic heterocycles. The highest BCUT2D eigenvalue weighted by Gasteiger charge is 2.55. The Kier molecular flexibility index (Phi) is 0.730. The monoisotopic (exact) mass is 116 g/mol. The van der Waals surface area contributed by atoms with Gasteiger partial charge in [0.15, 0.2) is 0 Å². The Morgan fingerprint density at radius 2 is 1.62 bits per heavy atom. The first-order valence-corrected chi connectivity index (χ1v) is 2.80. The van der Waals surface area contributed by atoms with Crippen LogP contribution in [0.3, 0.4) is 0 Å². The van der Waals surface area contributed by atoms with Crippen LogP contribution in [0.15, 0.2) is 0 Å². The molecule has 1 saturated carbocycles. The predicted octanol–water partition coefficient (Wildman–Crippen LogP) is -1.12. The van der Waals surface area contributed by atoms with Crippen molar-refractivity contribution in [2.24, 2.45) is 0 Å². The van der Waals surface area contributed by atoms with E-state index >= 15 is 0 Å². The van der Waals surface area contributed by atoms with Crippen LogP contribution in [-0.2, 0) is 4.74 Å². The van der Waals surface area contributed by atoms with E-state index in [9.17, 15) is 0 Å². The maximum Gasteiger partial charge on any atom is 0.113 e. The van der Waals surface area contributed by atoms with Crippen molar-refractivity contribution in [1.82, 2.24) is 0 Å². The third kappa shape index (κ3) is 0.438. The molecule has 0 aromatic heterocycles. The van der Waals surface area contributed by atoms with Crippen molar-refractivity contribution in [3.05, 3.63) is 0 Å².